The Labute approximate surface area is 145 Å². The number of carbonyl (C=O) groups excluding carboxylic acids is 2. The number of nitrogens with one attached hydrogen (secondary N) is 1. The summed E-state index contributed by atoms with van der Waals surface area (Å²) >= 11 is 3.33. The first-order valence-corrected chi connectivity index (χ1v) is 8.06. The molecule has 1 saturated heterocycles. The minimum Gasteiger partial charge on any atom is -0.321 e. The summed E-state index contributed by atoms with van der Waals surface area (Å²) in [6, 6.07) is 10.5. The zero-order valence-corrected chi connectivity index (χ0v) is 14.0. The second-order valence-corrected chi connectivity index (χ2v) is 6.39. The van der Waals surface area contributed by atoms with Crippen molar-refractivity contribution in [3.8, 4) is 0 Å². The minimum atomic E-state index is -0.850. The van der Waals surface area contributed by atoms with Crippen molar-refractivity contribution >= 4 is 39.1 Å². The standard InChI is InChI=1S/C17H13BrF2N2O2/c18-11-3-1-4-12(8-11)22-9-10(7-15(22)23)17(24)21-16-13(19)5-2-6-14(16)20/h1-6,8,10H,7,9H2,(H,21,24). The fraction of sp³-hybridized carbons (Fsp3) is 0.176. The Morgan fingerprint density at radius 1 is 1.17 bits per heavy atom. The van der Waals surface area contributed by atoms with Crippen molar-refractivity contribution in [3.63, 3.8) is 0 Å². The van der Waals surface area contributed by atoms with Gasteiger partial charge < -0.3 is 10.2 Å². The summed E-state index contributed by atoms with van der Waals surface area (Å²) < 4.78 is 28.1. The summed E-state index contributed by atoms with van der Waals surface area (Å²) in [6.07, 6.45) is -0.00554. The van der Waals surface area contributed by atoms with Gasteiger partial charge in [0, 0.05) is 23.1 Å². The van der Waals surface area contributed by atoms with E-state index >= 15 is 0 Å². The summed E-state index contributed by atoms with van der Waals surface area (Å²) in [5.41, 5.74) is 0.178. The van der Waals surface area contributed by atoms with Crippen LogP contribution in [0.2, 0.25) is 0 Å². The second kappa shape index (κ2) is 6.68. The van der Waals surface area contributed by atoms with Gasteiger partial charge in [-0.1, -0.05) is 28.1 Å². The van der Waals surface area contributed by atoms with Gasteiger partial charge in [0.25, 0.3) is 0 Å². The van der Waals surface area contributed by atoms with E-state index in [-0.39, 0.29) is 18.9 Å². The summed E-state index contributed by atoms with van der Waals surface area (Å²) in [7, 11) is 0. The Morgan fingerprint density at radius 3 is 2.50 bits per heavy atom. The predicted molar refractivity (Wildman–Crippen MR) is 89.6 cm³/mol. The number of amides is 2. The van der Waals surface area contributed by atoms with Gasteiger partial charge in [0.1, 0.15) is 17.3 Å². The molecule has 2 aromatic rings. The van der Waals surface area contributed by atoms with E-state index in [2.05, 4.69) is 21.2 Å². The fourth-order valence-corrected chi connectivity index (χ4v) is 3.01. The van der Waals surface area contributed by atoms with Crippen LogP contribution in [0, 0.1) is 17.6 Å². The van der Waals surface area contributed by atoms with E-state index in [1.807, 2.05) is 6.07 Å². The largest absolute Gasteiger partial charge is 0.321 e. The van der Waals surface area contributed by atoms with Crippen LogP contribution in [-0.4, -0.2) is 18.4 Å². The van der Waals surface area contributed by atoms with E-state index in [4.69, 9.17) is 0 Å². The Balaban J connectivity index is 1.75. The van der Waals surface area contributed by atoms with Crippen molar-refractivity contribution in [3.05, 3.63) is 58.6 Å². The van der Waals surface area contributed by atoms with Crippen LogP contribution in [0.3, 0.4) is 0 Å². The molecule has 0 aromatic heterocycles. The third-order valence-corrected chi connectivity index (χ3v) is 4.32. The third kappa shape index (κ3) is 3.31. The van der Waals surface area contributed by atoms with Crippen LogP contribution >= 0.6 is 15.9 Å². The van der Waals surface area contributed by atoms with Crippen molar-refractivity contribution in [1.29, 1.82) is 0 Å². The van der Waals surface area contributed by atoms with Crippen LogP contribution in [0.5, 0.6) is 0 Å². The molecule has 4 nitrogen and oxygen atoms in total. The Morgan fingerprint density at radius 2 is 1.83 bits per heavy atom. The van der Waals surface area contributed by atoms with Gasteiger partial charge in [-0.15, -0.1) is 0 Å². The molecule has 1 heterocycles. The number of hydrogen-bond donors (Lipinski definition) is 1. The number of benzene rings is 2. The molecule has 0 aliphatic carbocycles. The lowest BCUT2D eigenvalue weighted by molar-refractivity contribution is -0.122. The van der Waals surface area contributed by atoms with Crippen molar-refractivity contribution in [2.45, 2.75) is 6.42 Å². The molecule has 0 bridgehead atoms. The lowest BCUT2D eigenvalue weighted by Gasteiger charge is -2.17. The highest BCUT2D eigenvalue weighted by Crippen LogP contribution is 2.28. The second-order valence-electron chi connectivity index (χ2n) is 5.47. The van der Waals surface area contributed by atoms with Gasteiger partial charge in [-0.3, -0.25) is 9.59 Å². The molecule has 2 amide bonds. The lowest BCUT2D eigenvalue weighted by atomic mass is 10.1. The highest BCUT2D eigenvalue weighted by molar-refractivity contribution is 9.10. The van der Waals surface area contributed by atoms with E-state index in [9.17, 15) is 18.4 Å². The first-order valence-electron chi connectivity index (χ1n) is 7.26. The van der Waals surface area contributed by atoms with Crippen LogP contribution in [0.15, 0.2) is 46.9 Å². The molecule has 1 N–H and O–H groups in total. The van der Waals surface area contributed by atoms with Gasteiger partial charge in [0.15, 0.2) is 0 Å². The third-order valence-electron chi connectivity index (χ3n) is 3.83. The lowest BCUT2D eigenvalue weighted by Crippen LogP contribution is -2.28. The highest BCUT2D eigenvalue weighted by atomic mass is 79.9. The molecule has 1 aliphatic rings. The Bertz CT molecular complexity index is 793. The van der Waals surface area contributed by atoms with Crippen LogP contribution in [0.4, 0.5) is 20.2 Å². The zero-order valence-electron chi connectivity index (χ0n) is 12.4. The molecular weight excluding hydrogens is 382 g/mol. The number of carbonyl (C=O) groups is 2. The van der Waals surface area contributed by atoms with Gasteiger partial charge in [-0.2, -0.15) is 0 Å². The monoisotopic (exact) mass is 394 g/mol. The van der Waals surface area contributed by atoms with Gasteiger partial charge >= 0.3 is 0 Å². The van der Waals surface area contributed by atoms with E-state index < -0.39 is 29.1 Å². The average Bonchev–Trinajstić information content (AvgIpc) is 2.93. The summed E-state index contributed by atoms with van der Waals surface area (Å²) in [5, 5.41) is 2.25. The fourth-order valence-electron chi connectivity index (χ4n) is 2.62. The molecule has 0 spiro atoms. The molecule has 7 heteroatoms. The van der Waals surface area contributed by atoms with E-state index in [0.29, 0.717) is 5.69 Å². The average molecular weight is 395 g/mol. The molecule has 3 rings (SSSR count). The molecule has 1 aliphatic heterocycles. The van der Waals surface area contributed by atoms with Crippen molar-refractivity contribution < 1.29 is 18.4 Å². The minimum absolute atomic E-state index is 0.00554. The maximum absolute atomic E-state index is 13.6. The SMILES string of the molecule is O=C(Nc1c(F)cccc1F)C1CC(=O)N(c2cccc(Br)c2)C1. The number of rotatable bonds is 3. The number of halogens is 3. The van der Waals surface area contributed by atoms with Crippen LogP contribution < -0.4 is 10.2 Å². The normalized spacial score (nSPS) is 17.2. The molecular formula is C17H13BrF2N2O2. The van der Waals surface area contributed by atoms with Gasteiger partial charge in [-0.05, 0) is 30.3 Å². The maximum atomic E-state index is 13.6. The highest BCUT2D eigenvalue weighted by Gasteiger charge is 2.35. The smallest absolute Gasteiger partial charge is 0.229 e. The summed E-state index contributed by atoms with van der Waals surface area (Å²) in [4.78, 5) is 25.9. The number of anilines is 2. The number of para-hydroxylation sites is 1. The van der Waals surface area contributed by atoms with Gasteiger partial charge in [-0.25, -0.2) is 8.78 Å². The molecule has 24 heavy (non-hydrogen) atoms. The van der Waals surface area contributed by atoms with E-state index in [1.54, 1.807) is 18.2 Å². The molecule has 1 atom stereocenters. The van der Waals surface area contributed by atoms with Crippen LogP contribution in [0.25, 0.3) is 0 Å². The summed E-state index contributed by atoms with van der Waals surface area (Å²) in [5.74, 6) is -3.16. The van der Waals surface area contributed by atoms with Crippen molar-refractivity contribution in [2.24, 2.45) is 5.92 Å². The summed E-state index contributed by atoms with van der Waals surface area (Å²) in [6.45, 7) is 0.164. The van der Waals surface area contributed by atoms with Crippen molar-refractivity contribution in [2.75, 3.05) is 16.8 Å². The molecule has 1 fully saturated rings. The number of hydrogen-bond acceptors (Lipinski definition) is 2. The van der Waals surface area contributed by atoms with Gasteiger partial charge in [0.05, 0.1) is 5.92 Å². The Kier molecular flexibility index (Phi) is 4.62. The quantitative estimate of drug-likeness (QED) is 0.862. The number of nitrogens with zero attached hydrogens (tertiary/aromatic N) is 1. The van der Waals surface area contributed by atoms with Crippen LogP contribution in [-0.2, 0) is 9.59 Å². The maximum Gasteiger partial charge on any atom is 0.229 e. The molecule has 2 aromatic carbocycles. The molecule has 124 valence electrons. The van der Waals surface area contributed by atoms with E-state index in [1.165, 1.54) is 11.0 Å². The first-order chi connectivity index (χ1) is 11.5. The van der Waals surface area contributed by atoms with Crippen LogP contribution in [0.1, 0.15) is 6.42 Å². The predicted octanol–water partition coefficient (Wildman–Crippen LogP) is 3.72. The van der Waals surface area contributed by atoms with Gasteiger partial charge in [0.2, 0.25) is 11.8 Å². The van der Waals surface area contributed by atoms with E-state index in [0.717, 1.165) is 16.6 Å². The molecule has 0 radical (unpaired) electrons. The molecule has 0 saturated carbocycles. The first kappa shape index (κ1) is 16.6. The topological polar surface area (TPSA) is 49.4 Å². The zero-order chi connectivity index (χ0) is 17.3. The molecule has 1 unspecified atom stereocenters. The van der Waals surface area contributed by atoms with Crippen molar-refractivity contribution in [1.82, 2.24) is 0 Å². The Hall–Kier alpha value is -2.28.